The van der Waals surface area contributed by atoms with E-state index in [2.05, 4.69) is 24.3 Å². The van der Waals surface area contributed by atoms with Crippen molar-refractivity contribution >= 4 is 18.0 Å². The summed E-state index contributed by atoms with van der Waals surface area (Å²) >= 11 is 0. The van der Waals surface area contributed by atoms with Crippen molar-refractivity contribution in [1.29, 1.82) is 0 Å². The summed E-state index contributed by atoms with van der Waals surface area (Å²) in [5.74, 6) is -0.106. The van der Waals surface area contributed by atoms with Gasteiger partial charge in [-0.2, -0.15) is 0 Å². The summed E-state index contributed by atoms with van der Waals surface area (Å²) in [5.41, 5.74) is 2.12. The maximum absolute atomic E-state index is 12.8. The van der Waals surface area contributed by atoms with Crippen LogP contribution in [0.2, 0.25) is 0 Å². The molecule has 4 rings (SSSR count). The fourth-order valence-electron chi connectivity index (χ4n) is 5.10. The monoisotopic (exact) mass is 354 g/mol. The number of hydrogen-bond donors (Lipinski definition) is 0. The van der Waals surface area contributed by atoms with E-state index in [1.807, 2.05) is 12.1 Å². The van der Waals surface area contributed by atoms with Gasteiger partial charge in [-0.05, 0) is 47.9 Å². The van der Waals surface area contributed by atoms with Crippen LogP contribution >= 0.6 is 0 Å². The second kappa shape index (κ2) is 6.01. The summed E-state index contributed by atoms with van der Waals surface area (Å²) in [6.45, 7) is 0. The second-order valence-corrected chi connectivity index (χ2v) is 7.17. The Bertz CT molecular complexity index is 819. The Balaban J connectivity index is 1.88. The molecule has 0 heterocycles. The average molecular weight is 354 g/mol. The van der Waals surface area contributed by atoms with Crippen molar-refractivity contribution in [2.75, 3.05) is 21.3 Å². The normalized spacial score (nSPS) is 27.0. The molecule has 0 bridgehead atoms. The lowest BCUT2D eigenvalue weighted by molar-refractivity contribution is -0.172. The Morgan fingerprint density at radius 3 is 2.50 bits per heavy atom. The quantitative estimate of drug-likeness (QED) is 0.474. The molecule has 0 aliphatic heterocycles. The molecule has 1 fully saturated rings. The van der Waals surface area contributed by atoms with Gasteiger partial charge in [0.1, 0.15) is 5.75 Å². The van der Waals surface area contributed by atoms with Crippen molar-refractivity contribution in [3.8, 4) is 5.75 Å². The SMILES string of the molecule is COC(=O)C1(C(=O)OC)CC2=Cc3cc(OC)ccc3[C@H]3C=CC[C@@H]1[C@@H]23. The summed E-state index contributed by atoms with van der Waals surface area (Å²) in [4.78, 5) is 25.5. The Morgan fingerprint density at radius 1 is 1.12 bits per heavy atom. The number of allylic oxidation sites excluding steroid dienone is 3. The highest BCUT2D eigenvalue weighted by Crippen LogP contribution is 2.61. The largest absolute Gasteiger partial charge is 0.497 e. The third-order valence-corrected chi connectivity index (χ3v) is 6.19. The molecule has 3 aliphatic rings. The van der Waals surface area contributed by atoms with Crippen molar-refractivity contribution < 1.29 is 23.8 Å². The number of benzene rings is 1. The molecular weight excluding hydrogens is 332 g/mol. The number of carbonyl (C=O) groups is 2. The third kappa shape index (κ3) is 2.09. The molecule has 5 nitrogen and oxygen atoms in total. The van der Waals surface area contributed by atoms with E-state index in [4.69, 9.17) is 14.2 Å². The lowest BCUT2D eigenvalue weighted by Crippen LogP contribution is -2.46. The first kappa shape index (κ1) is 16.9. The van der Waals surface area contributed by atoms with Gasteiger partial charge in [0.15, 0.2) is 5.41 Å². The Hall–Kier alpha value is -2.56. The number of ether oxygens (including phenoxy) is 3. The molecule has 26 heavy (non-hydrogen) atoms. The number of esters is 2. The Morgan fingerprint density at radius 2 is 1.85 bits per heavy atom. The number of fused-ring (bicyclic) bond motifs is 2. The van der Waals surface area contributed by atoms with E-state index in [-0.39, 0.29) is 17.8 Å². The van der Waals surface area contributed by atoms with Gasteiger partial charge in [0.25, 0.3) is 0 Å². The van der Waals surface area contributed by atoms with Crippen molar-refractivity contribution in [2.24, 2.45) is 17.3 Å². The van der Waals surface area contributed by atoms with Gasteiger partial charge in [0, 0.05) is 5.92 Å². The molecule has 0 spiro atoms. The van der Waals surface area contributed by atoms with Crippen LogP contribution in [0, 0.1) is 17.3 Å². The maximum atomic E-state index is 12.8. The molecule has 0 saturated heterocycles. The topological polar surface area (TPSA) is 61.8 Å². The Labute approximate surface area is 152 Å². The minimum Gasteiger partial charge on any atom is -0.497 e. The first-order chi connectivity index (χ1) is 12.6. The molecule has 0 amide bonds. The van der Waals surface area contributed by atoms with Crippen LogP contribution in [0.3, 0.4) is 0 Å². The van der Waals surface area contributed by atoms with Gasteiger partial charge in [-0.15, -0.1) is 0 Å². The molecule has 3 atom stereocenters. The number of methoxy groups -OCH3 is 3. The van der Waals surface area contributed by atoms with Crippen LogP contribution in [0.25, 0.3) is 6.08 Å². The summed E-state index contributed by atoms with van der Waals surface area (Å²) in [5, 5.41) is 0. The highest BCUT2D eigenvalue weighted by molar-refractivity contribution is 6.02. The second-order valence-electron chi connectivity index (χ2n) is 7.17. The molecule has 3 aliphatic carbocycles. The van der Waals surface area contributed by atoms with E-state index in [0.29, 0.717) is 12.8 Å². The summed E-state index contributed by atoms with van der Waals surface area (Å²) in [6.07, 6.45) is 7.39. The highest BCUT2D eigenvalue weighted by atomic mass is 16.5. The standard InChI is InChI=1S/C21H22O5/c1-24-14-7-8-15-12(10-14)9-13-11-21(19(22)25-2,20(23)26-3)17-6-4-5-16(15)18(13)17/h4-5,7-10,16-18H,6,11H2,1-3H3/t16-,17-,18+/m1/s1. The number of carbonyl (C=O) groups excluding carboxylic acids is 2. The minimum absolute atomic E-state index is 0.110. The van der Waals surface area contributed by atoms with E-state index in [1.54, 1.807) is 7.11 Å². The average Bonchev–Trinajstić information content (AvgIpc) is 3.02. The van der Waals surface area contributed by atoms with Crippen LogP contribution < -0.4 is 4.74 Å². The lowest BCUT2D eigenvalue weighted by atomic mass is 9.65. The van der Waals surface area contributed by atoms with Crippen LogP contribution in [-0.4, -0.2) is 33.3 Å². The van der Waals surface area contributed by atoms with Gasteiger partial charge >= 0.3 is 11.9 Å². The minimum atomic E-state index is -1.27. The van der Waals surface area contributed by atoms with Gasteiger partial charge in [-0.3, -0.25) is 9.59 Å². The fourth-order valence-corrected chi connectivity index (χ4v) is 5.10. The Kier molecular flexibility index (Phi) is 3.90. The van der Waals surface area contributed by atoms with E-state index < -0.39 is 17.4 Å². The summed E-state index contributed by atoms with van der Waals surface area (Å²) in [7, 11) is 4.31. The number of rotatable bonds is 3. The molecule has 1 aromatic carbocycles. The molecular formula is C21H22O5. The third-order valence-electron chi connectivity index (χ3n) is 6.19. The van der Waals surface area contributed by atoms with Crippen LogP contribution in [0.1, 0.15) is 29.9 Å². The summed E-state index contributed by atoms with van der Waals surface area (Å²) in [6, 6.07) is 6.04. The van der Waals surface area contributed by atoms with Crippen LogP contribution in [0.15, 0.2) is 35.9 Å². The predicted molar refractivity (Wildman–Crippen MR) is 95.5 cm³/mol. The van der Waals surface area contributed by atoms with Crippen LogP contribution in [-0.2, 0) is 19.1 Å². The molecule has 5 heteroatoms. The molecule has 1 aromatic rings. The first-order valence-corrected chi connectivity index (χ1v) is 8.78. The van der Waals surface area contributed by atoms with E-state index in [0.717, 1.165) is 16.9 Å². The van der Waals surface area contributed by atoms with Crippen LogP contribution in [0.5, 0.6) is 5.75 Å². The molecule has 1 saturated carbocycles. The zero-order valence-electron chi connectivity index (χ0n) is 15.2. The zero-order valence-corrected chi connectivity index (χ0v) is 15.2. The van der Waals surface area contributed by atoms with E-state index in [9.17, 15) is 9.59 Å². The highest BCUT2D eigenvalue weighted by Gasteiger charge is 2.64. The van der Waals surface area contributed by atoms with Crippen molar-refractivity contribution in [3.63, 3.8) is 0 Å². The lowest BCUT2D eigenvalue weighted by Gasteiger charge is -2.38. The molecule has 0 unspecified atom stereocenters. The molecule has 136 valence electrons. The van der Waals surface area contributed by atoms with Gasteiger partial charge in [-0.1, -0.05) is 29.9 Å². The number of hydrogen-bond acceptors (Lipinski definition) is 5. The first-order valence-electron chi connectivity index (χ1n) is 8.78. The van der Waals surface area contributed by atoms with E-state index in [1.165, 1.54) is 19.8 Å². The molecule has 0 radical (unpaired) electrons. The van der Waals surface area contributed by atoms with Gasteiger partial charge < -0.3 is 14.2 Å². The zero-order chi connectivity index (χ0) is 18.5. The predicted octanol–water partition coefficient (Wildman–Crippen LogP) is 3.10. The maximum Gasteiger partial charge on any atom is 0.323 e. The van der Waals surface area contributed by atoms with Crippen LogP contribution in [0.4, 0.5) is 0 Å². The van der Waals surface area contributed by atoms with Crippen molar-refractivity contribution in [1.82, 2.24) is 0 Å². The van der Waals surface area contributed by atoms with Crippen molar-refractivity contribution in [2.45, 2.75) is 18.8 Å². The van der Waals surface area contributed by atoms with Gasteiger partial charge in [-0.25, -0.2) is 0 Å². The van der Waals surface area contributed by atoms with Crippen molar-refractivity contribution in [3.05, 3.63) is 47.1 Å². The molecule has 0 aromatic heterocycles. The van der Waals surface area contributed by atoms with E-state index >= 15 is 0 Å². The molecule has 0 N–H and O–H groups in total. The van der Waals surface area contributed by atoms with Gasteiger partial charge in [0.05, 0.1) is 21.3 Å². The smallest absolute Gasteiger partial charge is 0.323 e. The summed E-state index contributed by atoms with van der Waals surface area (Å²) < 4.78 is 15.5. The fraction of sp³-hybridized carbons (Fsp3) is 0.429. The van der Waals surface area contributed by atoms with Gasteiger partial charge in [0.2, 0.25) is 0 Å².